The van der Waals surface area contributed by atoms with Crippen LogP contribution in [-0.4, -0.2) is 51.3 Å². The number of benzene rings is 4. The van der Waals surface area contributed by atoms with E-state index in [4.69, 9.17) is 8.92 Å². The molecule has 0 saturated carbocycles. The summed E-state index contributed by atoms with van der Waals surface area (Å²) in [4.78, 5) is 2.64. The molecule has 10 heteroatoms. The Morgan fingerprint density at radius 3 is 2.41 bits per heavy atom. The van der Waals surface area contributed by atoms with E-state index in [2.05, 4.69) is 4.90 Å². The van der Waals surface area contributed by atoms with Crippen molar-refractivity contribution in [3.8, 4) is 22.6 Å². The van der Waals surface area contributed by atoms with Crippen LogP contribution in [0.3, 0.4) is 0 Å². The number of fused-ring (bicyclic) bond motifs is 1. The lowest BCUT2D eigenvalue weighted by Gasteiger charge is -2.26. The van der Waals surface area contributed by atoms with Gasteiger partial charge < -0.3 is 18.6 Å². The van der Waals surface area contributed by atoms with Crippen molar-refractivity contribution in [2.24, 2.45) is 0 Å². The van der Waals surface area contributed by atoms with Gasteiger partial charge in [-0.15, -0.1) is 11.8 Å². The van der Waals surface area contributed by atoms with Gasteiger partial charge in [-0.1, -0.05) is 36.8 Å². The molecule has 1 heterocycles. The minimum atomic E-state index is -2.75. The van der Waals surface area contributed by atoms with Crippen LogP contribution in [0.4, 0.5) is 8.78 Å². The highest BCUT2D eigenvalue weighted by Gasteiger charge is 2.23. The molecular formula is C31H30F2NO5S2-. The molecule has 1 fully saturated rings. The van der Waals surface area contributed by atoms with Gasteiger partial charge in [0.2, 0.25) is 0 Å². The molecule has 1 aliphatic rings. The number of halogens is 2. The maximum absolute atomic E-state index is 14.8. The number of thioether (sulfide) groups is 1. The highest BCUT2D eigenvalue weighted by atomic mass is 32.2. The Bertz CT molecular complexity index is 1540. The molecule has 0 aromatic heterocycles. The fraction of sp³-hybridized carbons (Fsp3) is 0.290. The Morgan fingerprint density at radius 2 is 1.71 bits per heavy atom. The van der Waals surface area contributed by atoms with Gasteiger partial charge in [0.1, 0.15) is 47.2 Å². The number of piperidine rings is 1. The smallest absolute Gasteiger partial charge is 0.140 e. The number of ether oxygens (including phenoxy) is 1. The fourth-order valence-electron chi connectivity index (χ4n) is 5.35. The highest BCUT2D eigenvalue weighted by molar-refractivity contribution is 7.98. The van der Waals surface area contributed by atoms with Crippen LogP contribution in [-0.2, 0) is 11.4 Å². The van der Waals surface area contributed by atoms with Crippen molar-refractivity contribution in [2.75, 3.05) is 32.5 Å². The summed E-state index contributed by atoms with van der Waals surface area (Å²) in [5.74, 6) is -0.642. The van der Waals surface area contributed by atoms with Crippen LogP contribution in [0.2, 0.25) is 0 Å². The van der Waals surface area contributed by atoms with E-state index in [9.17, 15) is 22.6 Å². The zero-order valence-electron chi connectivity index (χ0n) is 22.5. The molecule has 0 bridgehead atoms. The molecule has 1 N–H and O–H groups in total. The first-order valence-corrected chi connectivity index (χ1v) is 15.6. The van der Waals surface area contributed by atoms with Crippen molar-refractivity contribution >= 4 is 33.9 Å². The maximum Gasteiger partial charge on any atom is 0.140 e. The summed E-state index contributed by atoms with van der Waals surface area (Å²) in [5.41, 5.74) is 1.75. The van der Waals surface area contributed by atoms with Gasteiger partial charge >= 0.3 is 0 Å². The van der Waals surface area contributed by atoms with E-state index in [1.54, 1.807) is 48.7 Å². The summed E-state index contributed by atoms with van der Waals surface area (Å²) in [6.45, 7) is 3.61. The van der Waals surface area contributed by atoms with Crippen molar-refractivity contribution < 1.29 is 31.6 Å². The second kappa shape index (κ2) is 13.3. The van der Waals surface area contributed by atoms with Crippen LogP contribution >= 0.6 is 11.8 Å². The van der Waals surface area contributed by atoms with Crippen molar-refractivity contribution in [1.29, 1.82) is 0 Å². The summed E-state index contributed by atoms with van der Waals surface area (Å²) in [5, 5.41) is 12.9. The Kier molecular flexibility index (Phi) is 9.57. The minimum absolute atomic E-state index is 0.103. The van der Waals surface area contributed by atoms with Crippen LogP contribution in [0.1, 0.15) is 36.5 Å². The number of hydrogen-bond acceptors (Lipinski definition) is 7. The lowest BCUT2D eigenvalue weighted by Crippen LogP contribution is -2.33. The molecule has 0 spiro atoms. The molecule has 1 saturated heterocycles. The van der Waals surface area contributed by atoms with Crippen LogP contribution in [0.15, 0.2) is 71.6 Å². The van der Waals surface area contributed by atoms with E-state index in [1.807, 2.05) is 0 Å². The molecule has 2 atom stereocenters. The van der Waals surface area contributed by atoms with E-state index >= 15 is 0 Å². The molecule has 1 aliphatic heterocycles. The summed E-state index contributed by atoms with van der Waals surface area (Å²) >= 11 is -1.61. The third kappa shape index (κ3) is 6.90. The quantitative estimate of drug-likeness (QED) is 0.162. The summed E-state index contributed by atoms with van der Waals surface area (Å²) in [7, 11) is 0. The lowest BCUT2D eigenvalue weighted by atomic mass is 9.88. The maximum atomic E-state index is 14.8. The largest absolute Gasteiger partial charge is 0.740 e. The number of aliphatic hydroxyl groups excluding tert-OH is 1. The van der Waals surface area contributed by atoms with Gasteiger partial charge in [-0.2, -0.15) is 0 Å². The van der Waals surface area contributed by atoms with Crippen molar-refractivity contribution in [1.82, 2.24) is 4.90 Å². The number of hydrogen-bond donors (Lipinski definition) is 1. The van der Waals surface area contributed by atoms with E-state index in [-0.39, 0.29) is 10.6 Å². The molecular weight excluding hydrogens is 568 g/mol. The Labute approximate surface area is 244 Å². The lowest BCUT2D eigenvalue weighted by molar-refractivity contribution is 0.183. The molecule has 41 heavy (non-hydrogen) atoms. The Morgan fingerprint density at radius 1 is 0.976 bits per heavy atom. The average molecular weight is 599 g/mol. The van der Waals surface area contributed by atoms with Gasteiger partial charge in [0.25, 0.3) is 0 Å². The SMILES string of the molecule is CSc1c(F)cc(F)cc1-c1ccc2cc(OS(=O)[O-])ccc2c1C(O)c1ccc(OCCN2CCCCC2)cc1. The molecule has 216 valence electrons. The Hall–Kier alpha value is -3.02. The predicted molar refractivity (Wildman–Crippen MR) is 157 cm³/mol. The monoisotopic (exact) mass is 598 g/mol. The molecule has 2 unspecified atom stereocenters. The molecule has 5 rings (SSSR count). The summed E-state index contributed by atoms with van der Waals surface area (Å²) in [6, 6.07) is 17.2. The normalized spacial score (nSPS) is 15.5. The summed E-state index contributed by atoms with van der Waals surface area (Å²) in [6.07, 6.45) is 4.25. The van der Waals surface area contributed by atoms with Crippen LogP contribution < -0.4 is 8.92 Å². The topological polar surface area (TPSA) is 82.1 Å². The first-order valence-electron chi connectivity index (χ1n) is 13.3. The van der Waals surface area contributed by atoms with Gasteiger partial charge in [0.05, 0.1) is 4.90 Å². The average Bonchev–Trinajstić information content (AvgIpc) is 2.96. The third-order valence-corrected chi connectivity index (χ3v) is 8.45. The fourth-order valence-corrected chi connectivity index (χ4v) is 6.25. The van der Waals surface area contributed by atoms with Gasteiger partial charge in [-0.25, -0.2) is 13.0 Å². The number of aliphatic hydroxyl groups is 1. The van der Waals surface area contributed by atoms with Crippen molar-refractivity contribution in [3.63, 3.8) is 0 Å². The van der Waals surface area contributed by atoms with Crippen molar-refractivity contribution in [2.45, 2.75) is 30.3 Å². The minimum Gasteiger partial charge on any atom is -0.740 e. The molecule has 0 amide bonds. The molecule has 0 aliphatic carbocycles. The van der Waals surface area contributed by atoms with E-state index < -0.39 is 29.1 Å². The predicted octanol–water partition coefficient (Wildman–Crippen LogP) is 6.63. The van der Waals surface area contributed by atoms with Crippen molar-refractivity contribution in [3.05, 3.63) is 89.5 Å². The number of nitrogens with zero attached hydrogens (tertiary/aromatic N) is 1. The molecule has 4 aromatic carbocycles. The summed E-state index contributed by atoms with van der Waals surface area (Å²) < 4.78 is 62.1. The van der Waals surface area contributed by atoms with Gasteiger partial charge in [-0.3, -0.25) is 4.90 Å². The van der Waals surface area contributed by atoms with E-state index in [1.165, 1.54) is 37.5 Å². The van der Waals surface area contributed by atoms with E-state index in [0.29, 0.717) is 45.4 Å². The van der Waals surface area contributed by atoms with Gasteiger partial charge in [-0.05, 0) is 84.4 Å². The van der Waals surface area contributed by atoms with Gasteiger partial charge in [0, 0.05) is 23.7 Å². The second-order valence-corrected chi connectivity index (χ2v) is 11.3. The van der Waals surface area contributed by atoms with Crippen LogP contribution in [0.25, 0.3) is 21.9 Å². The number of likely N-dealkylation sites (tertiary alicyclic amines) is 1. The first-order chi connectivity index (χ1) is 19.8. The molecule has 0 radical (unpaired) electrons. The third-order valence-electron chi connectivity index (χ3n) is 7.29. The molecule has 6 nitrogen and oxygen atoms in total. The standard InChI is InChI=1S/C31H31F2NO5S2/c1-40-31-27(18-22(32)19-28(31)33)26-11-7-21-17-24(39-41(36)37)10-12-25(21)29(26)30(35)20-5-8-23(9-6-20)38-16-15-34-13-3-2-4-14-34/h5-12,17-19,30,35H,2-4,13-16H2,1H3,(H,36,37)/p-1. The van der Waals surface area contributed by atoms with Crippen LogP contribution in [0.5, 0.6) is 11.5 Å². The molecule has 4 aromatic rings. The second-order valence-electron chi connectivity index (χ2n) is 9.89. The van der Waals surface area contributed by atoms with Crippen LogP contribution in [0, 0.1) is 11.6 Å². The number of rotatable bonds is 10. The van der Waals surface area contributed by atoms with E-state index in [0.717, 1.165) is 37.5 Å². The zero-order chi connectivity index (χ0) is 28.9. The zero-order valence-corrected chi connectivity index (χ0v) is 24.1. The highest BCUT2D eigenvalue weighted by Crippen LogP contribution is 2.42. The first kappa shape index (κ1) is 29.5. The Balaban J connectivity index is 1.51. The van der Waals surface area contributed by atoms with Gasteiger partial charge in [0.15, 0.2) is 0 Å².